The first kappa shape index (κ1) is 54.3. The SMILES string of the molecule is CC(C)(C)c1cc2c(OCCCBr)c(c1)Sc1cc(C(C)(C)C)cc(c1OCCCBr)Sc1cc(C(C)(C)C)cc(c1OCCCBr)Sc1cc(C(C)(C)C)cc(c1OCCCBr)S2. The summed E-state index contributed by atoms with van der Waals surface area (Å²) in [6, 6.07) is 18.9. The van der Waals surface area contributed by atoms with Gasteiger partial charge in [-0.25, -0.2) is 0 Å². The van der Waals surface area contributed by atoms with Crippen LogP contribution in [0.15, 0.2) is 87.7 Å². The van der Waals surface area contributed by atoms with Crippen LogP contribution in [0.2, 0.25) is 0 Å². The van der Waals surface area contributed by atoms with Crippen molar-refractivity contribution in [1.29, 1.82) is 0 Å². The molecule has 12 heteroatoms. The lowest BCUT2D eigenvalue weighted by Crippen LogP contribution is -2.14. The summed E-state index contributed by atoms with van der Waals surface area (Å²) in [6.45, 7) is 29.9. The molecule has 0 N–H and O–H groups in total. The number of benzene rings is 4. The second-order valence-corrected chi connectivity index (χ2v) is 27.7. The van der Waals surface area contributed by atoms with Gasteiger partial charge in [-0.2, -0.15) is 0 Å². The van der Waals surface area contributed by atoms with Gasteiger partial charge in [-0.1, -0.05) is 194 Å². The fourth-order valence-electron chi connectivity index (χ4n) is 6.60. The van der Waals surface area contributed by atoms with Gasteiger partial charge < -0.3 is 18.9 Å². The van der Waals surface area contributed by atoms with Gasteiger partial charge >= 0.3 is 0 Å². The average Bonchev–Trinajstić information content (AvgIpc) is 3.19. The first-order valence-corrected chi connectivity index (χ1v) is 30.0. The highest BCUT2D eigenvalue weighted by Gasteiger charge is 2.30. The molecule has 0 radical (unpaired) electrons. The van der Waals surface area contributed by atoms with Gasteiger partial charge in [-0.3, -0.25) is 0 Å². The monoisotopic (exact) mass is 1200 g/mol. The fraction of sp³-hybridized carbons (Fsp3) is 0.538. The summed E-state index contributed by atoms with van der Waals surface area (Å²) < 4.78 is 27.9. The standard InChI is InChI=1S/C52H68Br4O4S4/c1-49(2,3)33-25-37-45(57-21-13-17-53)38(26-33)62-40-28-35(51(7,8)9)30-42(47(40)59-23-15-19-55)64-44-32-36(52(10,11)12)31-43(48(44)60-24-16-20-56)63-41-29-34(50(4,5)6)27-39(61-37)46(41)58-22-14-18-54/h25-32H,13-24H2,1-12H3. The topological polar surface area (TPSA) is 36.9 Å². The maximum absolute atomic E-state index is 6.98. The molecule has 1 heterocycles. The van der Waals surface area contributed by atoms with E-state index in [2.05, 4.69) is 195 Å². The molecule has 0 amide bonds. The number of fused-ring (bicyclic) bond motifs is 8. The molecule has 0 spiro atoms. The van der Waals surface area contributed by atoms with Crippen molar-refractivity contribution in [3.05, 3.63) is 70.8 Å². The Morgan fingerprint density at radius 3 is 0.594 bits per heavy atom. The van der Waals surface area contributed by atoms with E-state index in [9.17, 15) is 0 Å². The number of halogens is 4. The van der Waals surface area contributed by atoms with E-state index in [1.165, 1.54) is 22.3 Å². The van der Waals surface area contributed by atoms with Gasteiger partial charge in [-0.15, -0.1) is 0 Å². The first-order valence-electron chi connectivity index (χ1n) is 22.3. The Balaban J connectivity index is 2.01. The zero-order valence-electron chi connectivity index (χ0n) is 39.9. The third-order valence-corrected chi connectivity index (χ3v) is 17.0. The molecule has 352 valence electrons. The van der Waals surface area contributed by atoms with Gasteiger partial charge in [-0.05, 0) is 118 Å². The molecule has 0 unspecified atom stereocenters. The van der Waals surface area contributed by atoms with E-state index < -0.39 is 0 Å². The highest BCUT2D eigenvalue weighted by atomic mass is 79.9. The van der Waals surface area contributed by atoms with E-state index in [-0.39, 0.29) is 21.7 Å². The minimum Gasteiger partial charge on any atom is -0.491 e. The van der Waals surface area contributed by atoms with Crippen LogP contribution in [-0.4, -0.2) is 47.7 Å². The van der Waals surface area contributed by atoms with Crippen LogP contribution in [0.4, 0.5) is 0 Å². The van der Waals surface area contributed by atoms with Gasteiger partial charge in [0.2, 0.25) is 0 Å². The predicted octanol–water partition coefficient (Wildman–Crippen LogP) is 18.4. The largest absolute Gasteiger partial charge is 0.491 e. The molecule has 1 aliphatic rings. The third-order valence-electron chi connectivity index (χ3n) is 10.5. The van der Waals surface area contributed by atoms with E-state index >= 15 is 0 Å². The summed E-state index contributed by atoms with van der Waals surface area (Å²) in [7, 11) is 0. The van der Waals surface area contributed by atoms with E-state index in [1.54, 1.807) is 47.0 Å². The van der Waals surface area contributed by atoms with Crippen molar-refractivity contribution in [3.63, 3.8) is 0 Å². The summed E-state index contributed by atoms with van der Waals surface area (Å²) in [5, 5.41) is 3.43. The van der Waals surface area contributed by atoms with Crippen LogP contribution in [0.25, 0.3) is 0 Å². The Morgan fingerprint density at radius 1 is 0.312 bits per heavy atom. The van der Waals surface area contributed by atoms with Crippen LogP contribution in [-0.2, 0) is 21.7 Å². The Kier molecular flexibility index (Phi) is 20.2. The van der Waals surface area contributed by atoms with Gasteiger partial charge in [0, 0.05) is 21.3 Å². The molecular weight excluding hydrogens is 1140 g/mol. The highest BCUT2D eigenvalue weighted by molar-refractivity contribution is 9.09. The fourth-order valence-corrected chi connectivity index (χ4v) is 12.3. The number of hydrogen-bond donors (Lipinski definition) is 0. The molecule has 5 rings (SSSR count). The summed E-state index contributed by atoms with van der Waals surface area (Å²) >= 11 is 21.8. The van der Waals surface area contributed by atoms with Crippen LogP contribution in [0.3, 0.4) is 0 Å². The van der Waals surface area contributed by atoms with Crippen LogP contribution in [0.5, 0.6) is 23.0 Å². The zero-order valence-corrected chi connectivity index (χ0v) is 49.5. The average molecular weight is 1200 g/mol. The van der Waals surface area contributed by atoms with Crippen LogP contribution >= 0.6 is 111 Å². The minimum atomic E-state index is -0.133. The smallest absolute Gasteiger partial charge is 0.147 e. The minimum absolute atomic E-state index is 0.133. The van der Waals surface area contributed by atoms with Crippen LogP contribution in [0, 0.1) is 0 Å². The van der Waals surface area contributed by atoms with Crippen molar-refractivity contribution >= 4 is 111 Å². The van der Waals surface area contributed by atoms with Crippen molar-refractivity contribution in [2.24, 2.45) is 0 Å². The van der Waals surface area contributed by atoms with E-state index in [0.29, 0.717) is 26.4 Å². The van der Waals surface area contributed by atoms with Gasteiger partial charge in [0.25, 0.3) is 0 Å². The Morgan fingerprint density at radius 2 is 0.469 bits per heavy atom. The summed E-state index contributed by atoms with van der Waals surface area (Å²) in [6.07, 6.45) is 3.52. The molecule has 4 aromatic carbocycles. The summed E-state index contributed by atoms with van der Waals surface area (Å²) in [5.74, 6) is 3.56. The Hall–Kier alpha value is -0.600. The molecule has 4 aromatic rings. The predicted molar refractivity (Wildman–Crippen MR) is 293 cm³/mol. The number of alkyl halides is 4. The number of ether oxygens (including phenoxy) is 4. The second kappa shape index (κ2) is 23.8. The van der Waals surface area contributed by atoms with Gasteiger partial charge in [0.05, 0.1) is 65.6 Å². The maximum Gasteiger partial charge on any atom is 0.147 e. The highest BCUT2D eigenvalue weighted by Crippen LogP contribution is 2.56. The number of hydrogen-bond acceptors (Lipinski definition) is 8. The molecule has 0 saturated heterocycles. The summed E-state index contributed by atoms with van der Waals surface area (Å²) in [5.41, 5.74) is 4.44. The molecule has 0 atom stereocenters. The quantitative estimate of drug-likeness (QED) is 0.0715. The summed E-state index contributed by atoms with van der Waals surface area (Å²) in [4.78, 5) is 8.58. The maximum atomic E-state index is 6.98. The van der Waals surface area contributed by atoms with E-state index in [4.69, 9.17) is 18.9 Å². The molecule has 0 fully saturated rings. The molecular formula is C52H68Br4O4S4. The first-order chi connectivity index (χ1) is 30.1. The molecule has 8 bridgehead atoms. The normalized spacial score (nSPS) is 13.5. The van der Waals surface area contributed by atoms with Gasteiger partial charge in [0.1, 0.15) is 23.0 Å². The zero-order chi connectivity index (χ0) is 47.0. The molecule has 0 aliphatic carbocycles. The van der Waals surface area contributed by atoms with Crippen molar-refractivity contribution in [1.82, 2.24) is 0 Å². The molecule has 1 aliphatic heterocycles. The third kappa shape index (κ3) is 14.7. The van der Waals surface area contributed by atoms with Crippen molar-refractivity contribution in [2.75, 3.05) is 47.7 Å². The van der Waals surface area contributed by atoms with E-state index in [0.717, 1.165) is 109 Å². The molecule has 0 aromatic heterocycles. The molecule has 0 saturated carbocycles. The Labute approximate surface area is 436 Å². The molecule has 4 nitrogen and oxygen atoms in total. The molecule has 64 heavy (non-hydrogen) atoms. The van der Waals surface area contributed by atoms with Gasteiger partial charge in [0.15, 0.2) is 0 Å². The van der Waals surface area contributed by atoms with Crippen LogP contribution < -0.4 is 18.9 Å². The lowest BCUT2D eigenvalue weighted by atomic mass is 9.87. The number of rotatable bonds is 16. The van der Waals surface area contributed by atoms with Crippen molar-refractivity contribution in [3.8, 4) is 23.0 Å². The van der Waals surface area contributed by atoms with Crippen molar-refractivity contribution in [2.45, 2.75) is 170 Å². The van der Waals surface area contributed by atoms with Crippen LogP contribution in [0.1, 0.15) is 131 Å². The van der Waals surface area contributed by atoms with E-state index in [1.807, 2.05) is 0 Å². The van der Waals surface area contributed by atoms with Crippen molar-refractivity contribution < 1.29 is 18.9 Å². The lowest BCUT2D eigenvalue weighted by Gasteiger charge is -2.28. The lowest BCUT2D eigenvalue weighted by molar-refractivity contribution is 0.300. The Bertz CT molecular complexity index is 1800. The second-order valence-electron chi connectivity index (χ2n) is 20.2.